The summed E-state index contributed by atoms with van der Waals surface area (Å²) in [5, 5.41) is 5.80. The predicted molar refractivity (Wildman–Crippen MR) is 130 cm³/mol. The summed E-state index contributed by atoms with van der Waals surface area (Å²) in [4.78, 5) is 41.5. The van der Waals surface area contributed by atoms with E-state index in [1.807, 2.05) is 27.9 Å². The molecule has 2 N–H and O–H groups in total. The van der Waals surface area contributed by atoms with Gasteiger partial charge in [0, 0.05) is 25.2 Å². The van der Waals surface area contributed by atoms with Gasteiger partial charge in [-0.2, -0.15) is 0 Å². The number of nitrogens with one attached hydrogen (secondary N) is 2. The number of benzene rings is 1. The Morgan fingerprint density at radius 2 is 2.00 bits per heavy atom. The fraction of sp³-hybridized carbons (Fsp3) is 0.640. The minimum Gasteiger partial charge on any atom is -0.490 e. The molecule has 2 aliphatic heterocycles. The van der Waals surface area contributed by atoms with Gasteiger partial charge in [0.25, 0.3) is 5.91 Å². The largest absolute Gasteiger partial charge is 0.490 e. The first-order valence-electron chi connectivity index (χ1n) is 12.1. The van der Waals surface area contributed by atoms with Gasteiger partial charge >= 0.3 is 0 Å². The summed E-state index contributed by atoms with van der Waals surface area (Å²) in [5.41, 5.74) is 0.984. The molecular formula is C25H38N4O5. The Labute approximate surface area is 202 Å². The van der Waals surface area contributed by atoms with E-state index in [0.717, 1.165) is 19.4 Å². The van der Waals surface area contributed by atoms with Gasteiger partial charge in [-0.15, -0.1) is 0 Å². The third kappa shape index (κ3) is 6.70. The molecule has 0 saturated carbocycles. The van der Waals surface area contributed by atoms with Crippen molar-refractivity contribution in [3.8, 4) is 5.75 Å². The highest BCUT2D eigenvalue weighted by atomic mass is 16.5. The molecule has 1 saturated heterocycles. The Bertz CT molecular complexity index is 888. The molecule has 3 rings (SSSR count). The van der Waals surface area contributed by atoms with E-state index in [-0.39, 0.29) is 48.5 Å². The zero-order chi connectivity index (χ0) is 24.8. The lowest BCUT2D eigenvalue weighted by Crippen LogP contribution is -2.54. The molecule has 0 bridgehead atoms. The second kappa shape index (κ2) is 11.7. The van der Waals surface area contributed by atoms with E-state index in [1.165, 1.54) is 0 Å². The Morgan fingerprint density at radius 1 is 1.24 bits per heavy atom. The average molecular weight is 475 g/mol. The van der Waals surface area contributed by atoms with E-state index in [4.69, 9.17) is 9.47 Å². The first kappa shape index (κ1) is 26.0. The average Bonchev–Trinajstić information content (AvgIpc) is 2.79. The number of carbonyl (C=O) groups is 3. The van der Waals surface area contributed by atoms with Crippen LogP contribution in [0, 0.1) is 5.92 Å². The van der Waals surface area contributed by atoms with Crippen LogP contribution in [0.5, 0.6) is 5.75 Å². The van der Waals surface area contributed by atoms with Crippen LogP contribution in [-0.4, -0.2) is 86.6 Å². The normalized spacial score (nSPS) is 22.4. The summed E-state index contributed by atoms with van der Waals surface area (Å²) in [6, 6.07) is 4.96. The van der Waals surface area contributed by atoms with Gasteiger partial charge < -0.3 is 29.9 Å². The molecule has 9 heteroatoms. The van der Waals surface area contributed by atoms with Crippen molar-refractivity contribution in [2.45, 2.75) is 57.8 Å². The van der Waals surface area contributed by atoms with Crippen LogP contribution < -0.4 is 15.4 Å². The molecule has 3 amide bonds. The molecule has 2 aliphatic rings. The number of likely N-dealkylation sites (N-methyl/N-ethyl adjacent to an activating group) is 1. The lowest BCUT2D eigenvalue weighted by atomic mass is 9.94. The van der Waals surface area contributed by atoms with Crippen LogP contribution in [-0.2, 0) is 14.3 Å². The lowest BCUT2D eigenvalue weighted by Gasteiger charge is -2.42. The molecule has 0 radical (unpaired) electrons. The summed E-state index contributed by atoms with van der Waals surface area (Å²) in [7, 11) is 5.79. The van der Waals surface area contributed by atoms with Crippen molar-refractivity contribution in [2.24, 2.45) is 5.92 Å². The van der Waals surface area contributed by atoms with Crippen molar-refractivity contribution in [2.75, 3.05) is 46.2 Å². The summed E-state index contributed by atoms with van der Waals surface area (Å²) >= 11 is 0. The summed E-state index contributed by atoms with van der Waals surface area (Å²) in [6.45, 7) is 5.49. The molecule has 3 atom stereocenters. The molecule has 0 unspecified atom stereocenters. The first-order valence-corrected chi connectivity index (χ1v) is 12.1. The van der Waals surface area contributed by atoms with Crippen LogP contribution in [0.3, 0.4) is 0 Å². The lowest BCUT2D eigenvalue weighted by molar-refractivity contribution is -0.134. The van der Waals surface area contributed by atoms with Gasteiger partial charge in [-0.3, -0.25) is 14.4 Å². The maximum Gasteiger partial charge on any atom is 0.257 e. The van der Waals surface area contributed by atoms with Crippen molar-refractivity contribution in [1.82, 2.24) is 15.1 Å². The Hall–Kier alpha value is -2.65. The molecule has 0 aliphatic carbocycles. The second-order valence-electron chi connectivity index (χ2n) is 9.73. The molecule has 188 valence electrons. The number of hydrogen-bond acceptors (Lipinski definition) is 6. The standard InChI is InChI=1S/C25H38N4O5/c1-16(2)24(31)27-17-7-10-21-19(13-17)25(32)29(5)20-9-8-18(34-22(20)15-33-21)14-23(30)26-11-6-12-28(3)4/h7,10,13,16,18,20,22H,6,8-9,11-12,14-15H2,1-5H3,(H,26,30)(H,27,31)/t18-,20+,22+/m1/s1. The van der Waals surface area contributed by atoms with Crippen molar-refractivity contribution < 1.29 is 23.9 Å². The van der Waals surface area contributed by atoms with Crippen molar-refractivity contribution in [3.05, 3.63) is 23.8 Å². The molecule has 1 aromatic carbocycles. The van der Waals surface area contributed by atoms with Crippen LogP contribution in [0.2, 0.25) is 0 Å². The number of carbonyl (C=O) groups excluding carboxylic acids is 3. The van der Waals surface area contributed by atoms with Crippen molar-refractivity contribution in [3.63, 3.8) is 0 Å². The Kier molecular flexibility index (Phi) is 8.90. The number of fused-ring (bicyclic) bond motifs is 2. The number of amides is 3. The van der Waals surface area contributed by atoms with Gasteiger partial charge in [-0.05, 0) is 58.1 Å². The van der Waals surface area contributed by atoms with Gasteiger partial charge in [0.05, 0.1) is 24.1 Å². The second-order valence-corrected chi connectivity index (χ2v) is 9.73. The monoisotopic (exact) mass is 474 g/mol. The summed E-state index contributed by atoms with van der Waals surface area (Å²) < 4.78 is 12.2. The van der Waals surface area contributed by atoms with Crippen molar-refractivity contribution >= 4 is 23.4 Å². The summed E-state index contributed by atoms with van der Waals surface area (Å²) in [5.74, 6) is -0.00107. The van der Waals surface area contributed by atoms with Crippen LogP contribution in [0.25, 0.3) is 0 Å². The van der Waals surface area contributed by atoms with Gasteiger partial charge in [0.15, 0.2) is 0 Å². The minimum absolute atomic E-state index is 0.0141. The van der Waals surface area contributed by atoms with E-state index >= 15 is 0 Å². The molecule has 9 nitrogen and oxygen atoms in total. The fourth-order valence-corrected chi connectivity index (χ4v) is 4.29. The first-order chi connectivity index (χ1) is 16.2. The zero-order valence-corrected chi connectivity index (χ0v) is 20.9. The number of anilines is 1. The van der Waals surface area contributed by atoms with Gasteiger partial charge in [-0.25, -0.2) is 0 Å². The van der Waals surface area contributed by atoms with E-state index in [9.17, 15) is 14.4 Å². The molecular weight excluding hydrogens is 436 g/mol. The smallest absolute Gasteiger partial charge is 0.257 e. The molecule has 34 heavy (non-hydrogen) atoms. The van der Waals surface area contributed by atoms with Crippen LogP contribution in [0.4, 0.5) is 5.69 Å². The number of hydrogen-bond donors (Lipinski definition) is 2. The summed E-state index contributed by atoms with van der Waals surface area (Å²) in [6.07, 6.45) is 2.11. The molecule has 0 aromatic heterocycles. The third-order valence-electron chi connectivity index (χ3n) is 6.32. The maximum absolute atomic E-state index is 13.3. The van der Waals surface area contributed by atoms with Crippen LogP contribution >= 0.6 is 0 Å². The zero-order valence-electron chi connectivity index (χ0n) is 20.9. The Morgan fingerprint density at radius 3 is 2.71 bits per heavy atom. The highest BCUT2D eigenvalue weighted by Crippen LogP contribution is 2.32. The highest BCUT2D eigenvalue weighted by molar-refractivity contribution is 6.00. The van der Waals surface area contributed by atoms with Gasteiger partial charge in [0.1, 0.15) is 18.5 Å². The van der Waals surface area contributed by atoms with Crippen molar-refractivity contribution in [1.29, 1.82) is 0 Å². The fourth-order valence-electron chi connectivity index (χ4n) is 4.29. The quantitative estimate of drug-likeness (QED) is 0.560. The van der Waals surface area contributed by atoms with Gasteiger partial charge in [0.2, 0.25) is 11.8 Å². The topological polar surface area (TPSA) is 100 Å². The Balaban J connectivity index is 1.62. The van der Waals surface area contributed by atoms with Crippen LogP contribution in [0.15, 0.2) is 18.2 Å². The molecule has 0 spiro atoms. The number of rotatable bonds is 8. The molecule has 2 heterocycles. The maximum atomic E-state index is 13.3. The van der Waals surface area contributed by atoms with Crippen LogP contribution in [0.1, 0.15) is 49.9 Å². The number of nitrogens with zero attached hydrogens (tertiary/aromatic N) is 2. The SMILES string of the molecule is CC(C)C(=O)Nc1ccc2c(c1)C(=O)N(C)[C@H]1CC[C@H](CC(=O)NCCCN(C)C)O[C@H]1CO2. The third-order valence-corrected chi connectivity index (χ3v) is 6.32. The van der Waals surface area contributed by atoms with Gasteiger partial charge in [-0.1, -0.05) is 13.8 Å². The molecule has 1 fully saturated rings. The minimum atomic E-state index is -0.317. The van der Waals surface area contributed by atoms with E-state index in [2.05, 4.69) is 15.5 Å². The van der Waals surface area contributed by atoms with E-state index < -0.39 is 0 Å². The molecule has 1 aromatic rings. The van der Waals surface area contributed by atoms with E-state index in [0.29, 0.717) is 36.4 Å². The predicted octanol–water partition coefficient (Wildman–Crippen LogP) is 2.12. The highest BCUT2D eigenvalue weighted by Gasteiger charge is 2.39. The number of ether oxygens (including phenoxy) is 2. The van der Waals surface area contributed by atoms with E-state index in [1.54, 1.807) is 30.1 Å².